The summed E-state index contributed by atoms with van der Waals surface area (Å²) in [6.45, 7) is 1.02. The van der Waals surface area contributed by atoms with Crippen LogP contribution in [0.25, 0.3) is 0 Å². The second-order valence-electron chi connectivity index (χ2n) is 4.60. The topological polar surface area (TPSA) is 96.0 Å². The van der Waals surface area contributed by atoms with Crippen LogP contribution in [0.15, 0.2) is 16.6 Å². The molecule has 0 atom stereocenters. The Kier molecular flexibility index (Phi) is 6.82. The molecule has 1 aromatic rings. The van der Waals surface area contributed by atoms with Gasteiger partial charge in [-0.05, 0) is 12.1 Å². The molecule has 0 saturated heterocycles. The molecule has 12 heteroatoms. The molecule has 0 fully saturated rings. The molecule has 0 amide bonds. The molecule has 0 N–H and O–H groups in total. The van der Waals surface area contributed by atoms with Gasteiger partial charge in [-0.25, -0.2) is 0 Å². The Labute approximate surface area is 149 Å². The molecule has 0 spiro atoms. The zero-order valence-electron chi connectivity index (χ0n) is 12.8. The number of ether oxygens (including phenoxy) is 2. The lowest BCUT2D eigenvalue weighted by Crippen LogP contribution is -2.29. The maximum atomic E-state index is 12.6. The number of halogens is 4. The number of carbonyl (C=O) groups is 2. The van der Waals surface area contributed by atoms with Gasteiger partial charge in [0.15, 0.2) is 5.75 Å². The van der Waals surface area contributed by atoms with Gasteiger partial charge in [-0.3, -0.25) is 9.59 Å². The van der Waals surface area contributed by atoms with Gasteiger partial charge in [0.2, 0.25) is 0 Å². The number of alkyl halides is 3. The second kappa shape index (κ2) is 8.04. The third kappa shape index (κ3) is 6.20. The van der Waals surface area contributed by atoms with Gasteiger partial charge in [-0.1, -0.05) is 15.9 Å². The summed E-state index contributed by atoms with van der Waals surface area (Å²) < 4.78 is 74.3. The van der Waals surface area contributed by atoms with Gasteiger partial charge in [0, 0.05) is 29.4 Å². The molecule has 0 aliphatic rings. The zero-order valence-corrected chi connectivity index (χ0v) is 15.2. The molecule has 0 aliphatic carbocycles. The van der Waals surface area contributed by atoms with E-state index in [4.69, 9.17) is 0 Å². The van der Waals surface area contributed by atoms with E-state index >= 15 is 0 Å². The maximum absolute atomic E-state index is 12.6. The number of rotatable bonds is 6. The Balaban J connectivity index is 3.40. The molecule has 1 rings (SSSR count). The molecule has 0 heterocycles. The highest BCUT2D eigenvalue weighted by molar-refractivity contribution is 9.10. The van der Waals surface area contributed by atoms with E-state index in [9.17, 15) is 31.2 Å². The summed E-state index contributed by atoms with van der Waals surface area (Å²) in [5, 5.41) is 0. The van der Waals surface area contributed by atoms with E-state index in [0.29, 0.717) is 4.47 Å². The fraction of sp³-hybridized carbons (Fsp3) is 0.385. The molecular weight excluding hydrogens is 437 g/mol. The Morgan fingerprint density at radius 1 is 1.04 bits per heavy atom. The van der Waals surface area contributed by atoms with Crippen molar-refractivity contribution >= 4 is 38.0 Å². The first-order valence-corrected chi connectivity index (χ1v) is 8.62. The Hall–Kier alpha value is -1.82. The number of carbonyl (C=O) groups excluding carboxylic acids is 2. The van der Waals surface area contributed by atoms with E-state index in [1.807, 2.05) is 0 Å². The van der Waals surface area contributed by atoms with Gasteiger partial charge < -0.3 is 13.7 Å². The van der Waals surface area contributed by atoms with Crippen molar-refractivity contribution in [1.29, 1.82) is 0 Å². The number of benzene rings is 1. The molecule has 7 nitrogen and oxygen atoms in total. The fourth-order valence-electron chi connectivity index (χ4n) is 1.55. The predicted octanol–water partition coefficient (Wildman–Crippen LogP) is 2.80. The third-order valence-corrected chi connectivity index (χ3v) is 3.96. The summed E-state index contributed by atoms with van der Waals surface area (Å²) in [5.74, 6) is -2.22. The molecule has 25 heavy (non-hydrogen) atoms. The lowest BCUT2D eigenvalue weighted by molar-refractivity contribution is -0.142. The number of hydrogen-bond donors (Lipinski definition) is 0. The van der Waals surface area contributed by atoms with E-state index in [-0.39, 0.29) is 11.1 Å². The minimum absolute atomic E-state index is 0.167. The summed E-state index contributed by atoms with van der Waals surface area (Å²) >= 11 is 3.07. The van der Waals surface area contributed by atoms with Gasteiger partial charge in [0.05, 0.1) is 0 Å². The lowest BCUT2D eigenvalue weighted by Gasteiger charge is -2.17. The van der Waals surface area contributed by atoms with Crippen LogP contribution in [0.1, 0.15) is 25.0 Å². The van der Waals surface area contributed by atoms with Crippen LogP contribution < -0.4 is 4.18 Å². The second-order valence-corrected chi connectivity index (χ2v) is 7.05. The van der Waals surface area contributed by atoms with E-state index in [1.54, 1.807) is 0 Å². The molecule has 1 aromatic carbocycles. The van der Waals surface area contributed by atoms with Gasteiger partial charge in [-0.2, -0.15) is 21.6 Å². The van der Waals surface area contributed by atoms with Gasteiger partial charge in [-0.15, -0.1) is 0 Å². The normalized spacial score (nSPS) is 11.8. The maximum Gasteiger partial charge on any atom is 0.534 e. The monoisotopic (exact) mass is 448 g/mol. The van der Waals surface area contributed by atoms with Crippen molar-refractivity contribution in [3.63, 3.8) is 0 Å². The summed E-state index contributed by atoms with van der Waals surface area (Å²) in [4.78, 5) is 21.8. The molecule has 0 aromatic heterocycles. The average Bonchev–Trinajstić information content (AvgIpc) is 2.43. The molecule has 0 aliphatic heterocycles. The van der Waals surface area contributed by atoms with Crippen LogP contribution in [-0.4, -0.2) is 25.9 Å². The minimum Gasteiger partial charge on any atom is -0.461 e. The Morgan fingerprint density at radius 2 is 1.44 bits per heavy atom. The van der Waals surface area contributed by atoms with Crippen molar-refractivity contribution in [3.05, 3.63) is 27.7 Å². The fourth-order valence-corrected chi connectivity index (χ4v) is 2.63. The molecule has 0 saturated carbocycles. The van der Waals surface area contributed by atoms with Gasteiger partial charge in [0.1, 0.15) is 13.2 Å². The van der Waals surface area contributed by atoms with Crippen LogP contribution in [0.3, 0.4) is 0 Å². The van der Waals surface area contributed by atoms with Gasteiger partial charge in [0.25, 0.3) is 0 Å². The number of esters is 2. The minimum atomic E-state index is -5.98. The van der Waals surface area contributed by atoms with E-state index in [0.717, 1.165) is 13.8 Å². The van der Waals surface area contributed by atoms with Crippen LogP contribution >= 0.6 is 15.9 Å². The molecule has 140 valence electrons. The summed E-state index contributed by atoms with van der Waals surface area (Å²) in [6.07, 6.45) is 0. The van der Waals surface area contributed by atoms with Crippen molar-refractivity contribution in [2.45, 2.75) is 32.6 Å². The largest absolute Gasteiger partial charge is 0.534 e. The third-order valence-electron chi connectivity index (χ3n) is 2.55. The summed E-state index contributed by atoms with van der Waals surface area (Å²) in [6, 6.07) is 2.42. The molecule has 0 unspecified atom stereocenters. The summed E-state index contributed by atoms with van der Waals surface area (Å²) in [7, 11) is -5.98. The van der Waals surface area contributed by atoms with E-state index < -0.39 is 46.5 Å². The van der Waals surface area contributed by atoms with Crippen LogP contribution in [-0.2, 0) is 42.4 Å². The highest BCUT2D eigenvalue weighted by Crippen LogP contribution is 2.34. The standard InChI is InChI=1S/C13H12BrF3O7S/c1-7(18)22-5-9-3-11(14)4-10(6-23-8(2)19)12(9)24-25(20,21)13(15,16)17/h3-4H,5-6H2,1-2H3. The molecular formula is C13H12BrF3O7S. The average molecular weight is 449 g/mol. The first-order valence-electron chi connectivity index (χ1n) is 6.42. The van der Waals surface area contributed by atoms with Crippen LogP contribution in [0.5, 0.6) is 5.75 Å². The Morgan fingerprint density at radius 3 is 1.76 bits per heavy atom. The van der Waals surface area contributed by atoms with Crippen molar-refractivity contribution in [2.24, 2.45) is 0 Å². The molecule has 0 radical (unpaired) electrons. The SMILES string of the molecule is CC(=O)OCc1cc(Br)cc(COC(C)=O)c1OS(=O)(=O)C(F)(F)F. The zero-order chi connectivity index (χ0) is 19.4. The van der Waals surface area contributed by atoms with Crippen LogP contribution in [0.4, 0.5) is 13.2 Å². The van der Waals surface area contributed by atoms with Crippen LogP contribution in [0, 0.1) is 0 Å². The van der Waals surface area contributed by atoms with Gasteiger partial charge >= 0.3 is 27.6 Å². The predicted molar refractivity (Wildman–Crippen MR) is 80.7 cm³/mol. The van der Waals surface area contributed by atoms with Crippen molar-refractivity contribution < 1.29 is 44.8 Å². The Bertz CT molecular complexity index is 735. The van der Waals surface area contributed by atoms with Crippen LogP contribution in [0.2, 0.25) is 0 Å². The quantitative estimate of drug-likeness (QED) is 0.375. The van der Waals surface area contributed by atoms with E-state index in [1.165, 1.54) is 12.1 Å². The highest BCUT2D eigenvalue weighted by Gasteiger charge is 2.49. The summed E-state index contributed by atoms with van der Waals surface area (Å²) in [5.41, 5.74) is -6.00. The van der Waals surface area contributed by atoms with Crippen molar-refractivity contribution in [1.82, 2.24) is 0 Å². The van der Waals surface area contributed by atoms with Crippen molar-refractivity contribution in [3.8, 4) is 5.75 Å². The highest BCUT2D eigenvalue weighted by atomic mass is 79.9. The first-order chi connectivity index (χ1) is 11.3. The molecule has 0 bridgehead atoms. The lowest BCUT2D eigenvalue weighted by atomic mass is 10.1. The van der Waals surface area contributed by atoms with E-state index in [2.05, 4.69) is 29.6 Å². The smallest absolute Gasteiger partial charge is 0.461 e. The first kappa shape index (κ1) is 21.2. The number of hydrogen-bond acceptors (Lipinski definition) is 7. The van der Waals surface area contributed by atoms with Crippen molar-refractivity contribution in [2.75, 3.05) is 0 Å².